The normalized spacial score (nSPS) is 9.92. The molecule has 2 aromatic carbocycles. The number of Topliss-reactive ketones (excluding diaryl/α,β-unsaturated/α-hetero) is 1. The monoisotopic (exact) mass is 327 g/mol. The molecule has 0 saturated heterocycles. The lowest BCUT2D eigenvalue weighted by molar-refractivity contribution is -0.118. The molecule has 0 aliphatic carbocycles. The first-order chi connectivity index (χ1) is 11.5. The van der Waals surface area contributed by atoms with Crippen molar-refractivity contribution in [2.24, 2.45) is 0 Å². The Bertz CT molecular complexity index is 770. The van der Waals surface area contributed by atoms with Gasteiger partial charge < -0.3 is 14.8 Å². The predicted molar refractivity (Wildman–Crippen MR) is 89.0 cm³/mol. The first-order valence-electron chi connectivity index (χ1n) is 7.20. The summed E-state index contributed by atoms with van der Waals surface area (Å²) in [5.41, 5.74) is 1.48. The molecule has 0 atom stereocenters. The van der Waals surface area contributed by atoms with Crippen LogP contribution >= 0.6 is 0 Å². The molecule has 6 heteroatoms. The Morgan fingerprint density at radius 1 is 1.12 bits per heavy atom. The summed E-state index contributed by atoms with van der Waals surface area (Å²) in [5.74, 6) is 0.265. The molecule has 1 amide bonds. The van der Waals surface area contributed by atoms with Crippen LogP contribution in [0.3, 0.4) is 0 Å². The third kappa shape index (κ3) is 4.42. The van der Waals surface area contributed by atoms with Crippen LogP contribution < -0.4 is 14.8 Å². The van der Waals surface area contributed by atoms with Crippen LogP contribution in [0.25, 0.3) is 0 Å². The number of ether oxygens (including phenoxy) is 2. The zero-order valence-corrected chi connectivity index (χ0v) is 13.4. The molecule has 0 heterocycles. The molecule has 0 fully saturated rings. The van der Waals surface area contributed by atoms with E-state index in [9.17, 15) is 14.4 Å². The Morgan fingerprint density at radius 2 is 1.92 bits per heavy atom. The molecule has 0 saturated carbocycles. The van der Waals surface area contributed by atoms with E-state index in [1.807, 2.05) is 0 Å². The van der Waals surface area contributed by atoms with E-state index in [-0.39, 0.29) is 18.3 Å². The van der Waals surface area contributed by atoms with Crippen LogP contribution in [0, 0.1) is 0 Å². The van der Waals surface area contributed by atoms with Crippen LogP contribution in [0.15, 0.2) is 42.5 Å². The summed E-state index contributed by atoms with van der Waals surface area (Å²) in [5, 5.41) is 2.65. The van der Waals surface area contributed by atoms with E-state index in [0.29, 0.717) is 34.6 Å². The van der Waals surface area contributed by atoms with E-state index in [1.165, 1.54) is 20.1 Å². The second-order valence-corrected chi connectivity index (χ2v) is 5.00. The highest BCUT2D eigenvalue weighted by atomic mass is 16.5. The Morgan fingerprint density at radius 3 is 2.58 bits per heavy atom. The maximum atomic E-state index is 12.0. The SMILES string of the molecule is COc1cc(C=O)ccc1OCC(=O)Nc1cccc(C(C)=O)c1. The number of aldehydes is 1. The highest BCUT2D eigenvalue weighted by Crippen LogP contribution is 2.27. The lowest BCUT2D eigenvalue weighted by atomic mass is 10.1. The number of hydrogen-bond acceptors (Lipinski definition) is 5. The number of carbonyl (C=O) groups is 3. The third-order valence-electron chi connectivity index (χ3n) is 3.24. The van der Waals surface area contributed by atoms with Gasteiger partial charge in [0.1, 0.15) is 6.29 Å². The Hall–Kier alpha value is -3.15. The number of nitrogens with one attached hydrogen (secondary N) is 1. The Balaban J connectivity index is 2.00. The van der Waals surface area contributed by atoms with Crippen molar-refractivity contribution in [3.8, 4) is 11.5 Å². The average Bonchev–Trinajstić information content (AvgIpc) is 2.60. The molecule has 0 aliphatic heterocycles. The van der Waals surface area contributed by atoms with Crippen molar-refractivity contribution in [1.82, 2.24) is 0 Å². The highest BCUT2D eigenvalue weighted by Gasteiger charge is 2.09. The molecule has 0 radical (unpaired) electrons. The summed E-state index contributed by atoms with van der Waals surface area (Å²) in [6.07, 6.45) is 0.695. The molecule has 6 nitrogen and oxygen atoms in total. The summed E-state index contributed by atoms with van der Waals surface area (Å²) in [6, 6.07) is 11.3. The van der Waals surface area contributed by atoms with Crippen molar-refractivity contribution < 1.29 is 23.9 Å². The molecule has 0 unspecified atom stereocenters. The number of ketones is 1. The predicted octanol–water partition coefficient (Wildman–Crippen LogP) is 2.73. The zero-order valence-electron chi connectivity index (χ0n) is 13.4. The molecular weight excluding hydrogens is 310 g/mol. The van der Waals surface area contributed by atoms with Crippen LogP contribution in [-0.4, -0.2) is 31.7 Å². The molecule has 24 heavy (non-hydrogen) atoms. The van der Waals surface area contributed by atoms with Gasteiger partial charge in [0.2, 0.25) is 0 Å². The molecule has 124 valence electrons. The highest BCUT2D eigenvalue weighted by molar-refractivity contribution is 5.97. The van der Waals surface area contributed by atoms with Gasteiger partial charge in [-0.25, -0.2) is 0 Å². The molecule has 0 spiro atoms. The molecule has 0 aromatic heterocycles. The summed E-state index contributed by atoms with van der Waals surface area (Å²) in [7, 11) is 1.45. The molecule has 2 aromatic rings. The van der Waals surface area contributed by atoms with Crippen molar-refractivity contribution in [2.75, 3.05) is 19.0 Å². The maximum absolute atomic E-state index is 12.0. The largest absolute Gasteiger partial charge is 0.493 e. The minimum Gasteiger partial charge on any atom is -0.493 e. The lowest BCUT2D eigenvalue weighted by Crippen LogP contribution is -2.20. The van der Waals surface area contributed by atoms with Crippen LogP contribution in [0.1, 0.15) is 27.6 Å². The number of amides is 1. The van der Waals surface area contributed by atoms with Gasteiger partial charge >= 0.3 is 0 Å². The van der Waals surface area contributed by atoms with Gasteiger partial charge in [-0.1, -0.05) is 12.1 Å². The van der Waals surface area contributed by atoms with E-state index in [4.69, 9.17) is 9.47 Å². The Labute approximate surface area is 139 Å². The summed E-state index contributed by atoms with van der Waals surface area (Å²) < 4.78 is 10.5. The van der Waals surface area contributed by atoms with Crippen LogP contribution in [0.2, 0.25) is 0 Å². The molecule has 1 N–H and O–H groups in total. The molecule has 0 aliphatic rings. The van der Waals surface area contributed by atoms with Gasteiger partial charge in [-0.3, -0.25) is 14.4 Å². The fourth-order valence-corrected chi connectivity index (χ4v) is 2.03. The first kappa shape index (κ1) is 17.2. The van der Waals surface area contributed by atoms with Crippen LogP contribution in [0.5, 0.6) is 11.5 Å². The minimum absolute atomic E-state index is 0.0812. The number of rotatable bonds is 7. The van der Waals surface area contributed by atoms with Gasteiger partial charge in [0.25, 0.3) is 5.91 Å². The lowest BCUT2D eigenvalue weighted by Gasteiger charge is -2.11. The average molecular weight is 327 g/mol. The number of carbonyl (C=O) groups excluding carboxylic acids is 3. The van der Waals surface area contributed by atoms with Crippen LogP contribution in [-0.2, 0) is 4.79 Å². The van der Waals surface area contributed by atoms with Crippen molar-refractivity contribution in [2.45, 2.75) is 6.92 Å². The minimum atomic E-state index is -0.378. The number of hydrogen-bond donors (Lipinski definition) is 1. The second kappa shape index (κ2) is 7.92. The van der Waals surface area contributed by atoms with Gasteiger partial charge in [-0.2, -0.15) is 0 Å². The quantitative estimate of drug-likeness (QED) is 0.624. The molecule has 0 bridgehead atoms. The van der Waals surface area contributed by atoms with E-state index < -0.39 is 0 Å². The maximum Gasteiger partial charge on any atom is 0.262 e. The third-order valence-corrected chi connectivity index (χ3v) is 3.24. The summed E-state index contributed by atoms with van der Waals surface area (Å²) in [4.78, 5) is 34.1. The summed E-state index contributed by atoms with van der Waals surface area (Å²) >= 11 is 0. The topological polar surface area (TPSA) is 81.7 Å². The van der Waals surface area contributed by atoms with E-state index in [1.54, 1.807) is 36.4 Å². The van der Waals surface area contributed by atoms with Gasteiger partial charge in [0.15, 0.2) is 23.9 Å². The van der Waals surface area contributed by atoms with E-state index in [0.717, 1.165) is 0 Å². The van der Waals surface area contributed by atoms with Crippen molar-refractivity contribution in [3.05, 3.63) is 53.6 Å². The van der Waals surface area contributed by atoms with Gasteiger partial charge in [0, 0.05) is 16.8 Å². The van der Waals surface area contributed by atoms with E-state index >= 15 is 0 Å². The van der Waals surface area contributed by atoms with E-state index in [2.05, 4.69) is 5.32 Å². The summed E-state index contributed by atoms with van der Waals surface area (Å²) in [6.45, 7) is 1.22. The van der Waals surface area contributed by atoms with Gasteiger partial charge in [-0.05, 0) is 37.3 Å². The number of methoxy groups -OCH3 is 1. The Kier molecular flexibility index (Phi) is 5.68. The first-order valence-corrected chi connectivity index (χ1v) is 7.20. The fourth-order valence-electron chi connectivity index (χ4n) is 2.03. The number of anilines is 1. The van der Waals surface area contributed by atoms with Gasteiger partial charge in [0.05, 0.1) is 7.11 Å². The smallest absolute Gasteiger partial charge is 0.262 e. The van der Waals surface area contributed by atoms with Crippen molar-refractivity contribution in [3.63, 3.8) is 0 Å². The fraction of sp³-hybridized carbons (Fsp3) is 0.167. The second-order valence-electron chi connectivity index (χ2n) is 5.00. The standard InChI is InChI=1S/C18H17NO5/c1-12(21)14-4-3-5-15(9-14)19-18(22)11-24-16-7-6-13(10-20)8-17(16)23-2/h3-10H,11H2,1-2H3,(H,19,22). The molecular formula is C18H17NO5. The van der Waals surface area contributed by atoms with Gasteiger partial charge in [-0.15, -0.1) is 0 Å². The zero-order chi connectivity index (χ0) is 17.5. The van der Waals surface area contributed by atoms with Crippen molar-refractivity contribution >= 4 is 23.7 Å². The molecule has 2 rings (SSSR count). The van der Waals surface area contributed by atoms with Crippen molar-refractivity contribution in [1.29, 1.82) is 0 Å². The van der Waals surface area contributed by atoms with Crippen LogP contribution in [0.4, 0.5) is 5.69 Å². The number of benzene rings is 2.